The molecule has 4 rings (SSSR count). The molecule has 0 unspecified atom stereocenters. The van der Waals surface area contributed by atoms with Crippen LogP contribution < -0.4 is 5.73 Å². The van der Waals surface area contributed by atoms with E-state index in [-0.39, 0.29) is 0 Å². The minimum Gasteiger partial charge on any atom is -0.479 e. The molecule has 0 amide bonds. The monoisotopic (exact) mass is 320 g/mol. The van der Waals surface area contributed by atoms with Crippen LogP contribution in [0, 0.1) is 0 Å². The van der Waals surface area contributed by atoms with Crippen molar-refractivity contribution in [2.45, 2.75) is 44.1 Å². The number of anilines is 1. The lowest BCUT2D eigenvalue weighted by molar-refractivity contribution is -0.195. The Kier molecular flexibility index (Phi) is 2.89. The van der Waals surface area contributed by atoms with Crippen molar-refractivity contribution in [2.24, 2.45) is 0 Å². The van der Waals surface area contributed by atoms with Gasteiger partial charge in [0.1, 0.15) is 30.2 Å². The normalized spacial score (nSPS) is 32.3. The summed E-state index contributed by atoms with van der Waals surface area (Å²) in [7, 11) is 0. The Balaban J connectivity index is 1.78. The molecule has 4 atom stereocenters. The molecule has 0 radical (unpaired) electrons. The van der Waals surface area contributed by atoms with Gasteiger partial charge in [0.15, 0.2) is 17.7 Å². The summed E-state index contributed by atoms with van der Waals surface area (Å²) in [6.07, 6.45) is -1.61. The molecule has 0 spiro atoms. The van der Waals surface area contributed by atoms with Gasteiger partial charge in [0.2, 0.25) is 0 Å². The number of rotatable bonds is 2. The maximum absolute atomic E-state index is 11.5. The van der Waals surface area contributed by atoms with Gasteiger partial charge in [-0.15, -0.1) is 0 Å². The van der Waals surface area contributed by atoms with Crippen LogP contribution in [0.25, 0.3) is 5.52 Å². The van der Waals surface area contributed by atoms with Gasteiger partial charge in [-0.05, 0) is 26.0 Å². The Morgan fingerprint density at radius 2 is 2.09 bits per heavy atom. The molecule has 0 bridgehead atoms. The number of nitrogens with two attached hydrogens (primary N) is 1. The van der Waals surface area contributed by atoms with E-state index in [4.69, 9.17) is 19.9 Å². The fourth-order valence-electron chi connectivity index (χ4n) is 3.22. The topological polar surface area (TPSA) is 121 Å². The van der Waals surface area contributed by atoms with Crippen LogP contribution in [0.4, 0.5) is 5.82 Å². The van der Waals surface area contributed by atoms with E-state index in [1.165, 1.54) is 6.33 Å². The summed E-state index contributed by atoms with van der Waals surface area (Å²) in [5.41, 5.74) is 7.10. The van der Waals surface area contributed by atoms with Crippen LogP contribution in [0.3, 0.4) is 0 Å². The molecule has 4 heterocycles. The predicted molar refractivity (Wildman–Crippen MR) is 76.5 cm³/mol. The standard InChI is InChI=1S/C14H16N4O5/c1-14(2)22-9-8(21-11(13(19)20)10(9)23-14)6-3-4-7-12(15)16-5-17-18(6)7/h3-5,8-11H,1-2H3,(H,19,20)(H2,15,16,17)/t8-,9-,10-,11-/m0/s1. The highest BCUT2D eigenvalue weighted by Crippen LogP contribution is 2.45. The van der Waals surface area contributed by atoms with Gasteiger partial charge in [-0.2, -0.15) is 5.10 Å². The molecular formula is C14H16N4O5. The predicted octanol–water partition coefficient (Wildman–Crippen LogP) is 0.356. The summed E-state index contributed by atoms with van der Waals surface area (Å²) in [5, 5.41) is 13.6. The molecule has 0 aliphatic carbocycles. The largest absolute Gasteiger partial charge is 0.479 e. The molecule has 23 heavy (non-hydrogen) atoms. The van der Waals surface area contributed by atoms with Crippen LogP contribution in [-0.2, 0) is 19.0 Å². The third-order valence-electron chi connectivity index (χ3n) is 4.10. The molecule has 0 aromatic carbocycles. The van der Waals surface area contributed by atoms with E-state index in [0.29, 0.717) is 17.0 Å². The second kappa shape index (κ2) is 4.63. The molecule has 2 aromatic rings. The third kappa shape index (κ3) is 2.08. The van der Waals surface area contributed by atoms with Crippen molar-refractivity contribution in [3.8, 4) is 0 Å². The van der Waals surface area contributed by atoms with Crippen LogP contribution in [0.15, 0.2) is 18.5 Å². The van der Waals surface area contributed by atoms with Crippen molar-refractivity contribution in [1.29, 1.82) is 0 Å². The molecule has 2 aliphatic heterocycles. The van der Waals surface area contributed by atoms with E-state index in [1.807, 2.05) is 0 Å². The summed E-state index contributed by atoms with van der Waals surface area (Å²) in [5.74, 6) is -1.62. The van der Waals surface area contributed by atoms with Crippen LogP contribution in [-0.4, -0.2) is 49.8 Å². The molecule has 2 aromatic heterocycles. The summed E-state index contributed by atoms with van der Waals surface area (Å²) in [6.45, 7) is 3.50. The first-order valence-electron chi connectivity index (χ1n) is 7.19. The van der Waals surface area contributed by atoms with E-state index in [1.54, 1.807) is 30.5 Å². The molecule has 0 saturated carbocycles. The highest BCUT2D eigenvalue weighted by Gasteiger charge is 2.58. The van der Waals surface area contributed by atoms with E-state index in [9.17, 15) is 9.90 Å². The molecule has 2 aliphatic rings. The Morgan fingerprint density at radius 3 is 2.83 bits per heavy atom. The van der Waals surface area contributed by atoms with E-state index in [2.05, 4.69) is 10.1 Å². The Hall–Kier alpha value is -2.23. The van der Waals surface area contributed by atoms with Gasteiger partial charge < -0.3 is 25.1 Å². The first-order valence-corrected chi connectivity index (χ1v) is 7.19. The summed E-state index contributed by atoms with van der Waals surface area (Å²) in [4.78, 5) is 15.4. The number of nitrogens with zero attached hydrogens (tertiary/aromatic N) is 3. The highest BCUT2D eigenvalue weighted by molar-refractivity contribution is 5.74. The highest BCUT2D eigenvalue weighted by atomic mass is 16.8. The number of nitrogen functional groups attached to an aromatic ring is 1. The van der Waals surface area contributed by atoms with Crippen molar-refractivity contribution in [1.82, 2.24) is 14.6 Å². The summed E-state index contributed by atoms with van der Waals surface area (Å²) >= 11 is 0. The lowest BCUT2D eigenvalue weighted by atomic mass is 10.1. The number of aliphatic carboxylic acids is 1. The Bertz CT molecular complexity index is 789. The first kappa shape index (κ1) is 14.4. The number of aromatic nitrogens is 3. The van der Waals surface area contributed by atoms with Crippen LogP contribution in [0.1, 0.15) is 25.6 Å². The number of carboxylic acid groups (broad SMARTS) is 1. The van der Waals surface area contributed by atoms with Crippen molar-refractivity contribution >= 4 is 17.3 Å². The van der Waals surface area contributed by atoms with Gasteiger partial charge in [-0.25, -0.2) is 14.3 Å². The molecular weight excluding hydrogens is 304 g/mol. The SMILES string of the molecule is CC1(C)O[C@@H]2[C@H](O1)[C@@H](C(=O)O)O[C@H]2c1ccc2c(N)ncnn12. The number of hydrogen-bond acceptors (Lipinski definition) is 7. The van der Waals surface area contributed by atoms with Crippen molar-refractivity contribution in [3.63, 3.8) is 0 Å². The van der Waals surface area contributed by atoms with Gasteiger partial charge in [0, 0.05) is 0 Å². The zero-order valence-electron chi connectivity index (χ0n) is 12.5. The second-order valence-electron chi connectivity index (χ2n) is 6.08. The zero-order valence-corrected chi connectivity index (χ0v) is 12.5. The Morgan fingerprint density at radius 1 is 1.35 bits per heavy atom. The summed E-state index contributed by atoms with van der Waals surface area (Å²) < 4.78 is 18.9. The minimum atomic E-state index is -1.10. The molecule has 3 N–H and O–H groups in total. The number of ether oxygens (including phenoxy) is 3. The van der Waals surface area contributed by atoms with E-state index < -0.39 is 36.2 Å². The maximum Gasteiger partial charge on any atom is 0.335 e. The fraction of sp³-hybridized carbons (Fsp3) is 0.500. The van der Waals surface area contributed by atoms with Crippen molar-refractivity contribution in [3.05, 3.63) is 24.2 Å². The van der Waals surface area contributed by atoms with E-state index in [0.717, 1.165) is 0 Å². The molecule has 122 valence electrons. The average molecular weight is 320 g/mol. The van der Waals surface area contributed by atoms with Crippen molar-refractivity contribution < 1.29 is 24.1 Å². The lowest BCUT2D eigenvalue weighted by Crippen LogP contribution is -2.35. The smallest absolute Gasteiger partial charge is 0.335 e. The quantitative estimate of drug-likeness (QED) is 0.813. The minimum absolute atomic E-state index is 0.333. The average Bonchev–Trinajstić information content (AvgIpc) is 3.09. The van der Waals surface area contributed by atoms with Crippen molar-refractivity contribution in [2.75, 3.05) is 5.73 Å². The third-order valence-corrected chi connectivity index (χ3v) is 4.10. The number of fused-ring (bicyclic) bond motifs is 2. The number of carboxylic acids is 1. The number of carbonyl (C=O) groups is 1. The van der Waals surface area contributed by atoms with Gasteiger partial charge in [-0.3, -0.25) is 0 Å². The van der Waals surface area contributed by atoms with Gasteiger partial charge in [-0.1, -0.05) is 0 Å². The maximum atomic E-state index is 11.5. The molecule has 9 nitrogen and oxygen atoms in total. The fourth-order valence-corrected chi connectivity index (χ4v) is 3.22. The van der Waals surface area contributed by atoms with Crippen LogP contribution in [0.2, 0.25) is 0 Å². The molecule has 2 saturated heterocycles. The molecule has 9 heteroatoms. The van der Waals surface area contributed by atoms with Gasteiger partial charge >= 0.3 is 5.97 Å². The number of hydrogen-bond donors (Lipinski definition) is 2. The van der Waals surface area contributed by atoms with Gasteiger partial charge in [0.25, 0.3) is 0 Å². The first-order chi connectivity index (χ1) is 10.9. The van der Waals surface area contributed by atoms with Crippen LogP contribution in [0.5, 0.6) is 0 Å². The van der Waals surface area contributed by atoms with Crippen LogP contribution >= 0.6 is 0 Å². The molecule has 2 fully saturated rings. The Labute approximate surface area is 131 Å². The van der Waals surface area contributed by atoms with E-state index >= 15 is 0 Å². The lowest BCUT2D eigenvalue weighted by Gasteiger charge is -2.22. The second-order valence-corrected chi connectivity index (χ2v) is 6.08. The van der Waals surface area contributed by atoms with Gasteiger partial charge in [0.05, 0.1) is 5.69 Å². The zero-order chi connectivity index (χ0) is 16.4. The summed E-state index contributed by atoms with van der Waals surface area (Å²) in [6, 6.07) is 3.54.